The molecule has 0 saturated heterocycles. The van der Waals surface area contributed by atoms with Crippen LogP contribution >= 0.6 is 0 Å². The Morgan fingerprint density at radius 2 is 1.90 bits per heavy atom. The van der Waals surface area contributed by atoms with Gasteiger partial charge in [-0.15, -0.1) is 10.2 Å². The molecule has 2 N–H and O–H groups in total. The van der Waals surface area contributed by atoms with E-state index in [1.54, 1.807) is 6.07 Å². The fourth-order valence-electron chi connectivity index (χ4n) is 2.52. The van der Waals surface area contributed by atoms with E-state index in [0.29, 0.717) is 5.56 Å². The van der Waals surface area contributed by atoms with E-state index in [1.165, 1.54) is 31.4 Å². The van der Waals surface area contributed by atoms with E-state index in [4.69, 9.17) is 14.7 Å². The minimum atomic E-state index is -0.870. The van der Waals surface area contributed by atoms with Gasteiger partial charge in [0.2, 0.25) is 11.6 Å². The predicted octanol–water partition coefficient (Wildman–Crippen LogP) is 0.800. The van der Waals surface area contributed by atoms with Gasteiger partial charge in [-0.05, 0) is 18.1 Å². The summed E-state index contributed by atoms with van der Waals surface area (Å²) in [5, 5.41) is 18.9. The number of methoxy groups -OCH3 is 1. The normalized spacial score (nSPS) is 10.6. The van der Waals surface area contributed by atoms with Gasteiger partial charge in [0.15, 0.2) is 11.5 Å². The molecule has 148 valence electrons. The van der Waals surface area contributed by atoms with E-state index in [-0.39, 0.29) is 34.5 Å². The second kappa shape index (κ2) is 7.81. The summed E-state index contributed by atoms with van der Waals surface area (Å²) in [6.45, 7) is 3.74. The van der Waals surface area contributed by atoms with E-state index < -0.39 is 16.9 Å². The number of aromatic amines is 2. The Bertz CT molecular complexity index is 1280. The molecule has 0 atom stereocenters. The number of nitriles is 1. The van der Waals surface area contributed by atoms with E-state index in [9.17, 15) is 14.4 Å². The van der Waals surface area contributed by atoms with Crippen LogP contribution in [0.25, 0.3) is 5.69 Å². The lowest BCUT2D eigenvalue weighted by Gasteiger charge is -2.12. The van der Waals surface area contributed by atoms with Crippen LogP contribution in [0.2, 0.25) is 0 Å². The van der Waals surface area contributed by atoms with Crippen LogP contribution in [0.3, 0.4) is 0 Å². The minimum Gasteiger partial charge on any atom is -0.493 e. The van der Waals surface area contributed by atoms with Crippen LogP contribution in [-0.4, -0.2) is 32.1 Å². The number of ether oxygens (including phenoxy) is 2. The Kier molecular flexibility index (Phi) is 5.27. The topological polar surface area (TPSA) is 156 Å². The van der Waals surface area contributed by atoms with E-state index >= 15 is 0 Å². The second-order valence-electron chi connectivity index (χ2n) is 6.21. The molecule has 11 nitrogen and oxygen atoms in total. The number of rotatable bonds is 5. The number of nitrogens with one attached hydrogen (secondary N) is 2. The van der Waals surface area contributed by atoms with E-state index in [0.717, 1.165) is 4.68 Å². The number of hydrogen-bond donors (Lipinski definition) is 2. The molecule has 0 bridgehead atoms. The maximum atomic E-state index is 12.0. The summed E-state index contributed by atoms with van der Waals surface area (Å²) >= 11 is 0. The molecular weight excluding hydrogens is 380 g/mol. The van der Waals surface area contributed by atoms with Crippen molar-refractivity contribution in [2.45, 2.75) is 19.8 Å². The first kappa shape index (κ1) is 19.6. The van der Waals surface area contributed by atoms with Crippen molar-refractivity contribution in [3.8, 4) is 29.1 Å². The van der Waals surface area contributed by atoms with Crippen LogP contribution in [0.1, 0.15) is 31.0 Å². The van der Waals surface area contributed by atoms with Crippen molar-refractivity contribution in [3.63, 3.8) is 0 Å². The van der Waals surface area contributed by atoms with Crippen molar-refractivity contribution in [3.05, 3.63) is 66.7 Å². The quantitative estimate of drug-likeness (QED) is 0.641. The van der Waals surface area contributed by atoms with Gasteiger partial charge in [0.05, 0.1) is 12.8 Å². The molecule has 2 aromatic heterocycles. The smallest absolute Gasteiger partial charge is 0.349 e. The highest BCUT2D eigenvalue weighted by Gasteiger charge is 2.14. The summed E-state index contributed by atoms with van der Waals surface area (Å²) in [5.74, 6) is 0.634. The molecule has 0 radical (unpaired) electrons. The first-order valence-electron chi connectivity index (χ1n) is 8.43. The SMILES string of the molecule is COc1cc(-n2nc(C#N)c(=O)[nH]c2=O)ccc1Oc1cc(C(C)C)c(=O)[nH]n1. The van der Waals surface area contributed by atoms with Gasteiger partial charge in [-0.3, -0.25) is 14.6 Å². The zero-order valence-electron chi connectivity index (χ0n) is 15.7. The zero-order valence-corrected chi connectivity index (χ0v) is 15.7. The average Bonchev–Trinajstić information content (AvgIpc) is 2.69. The number of benzene rings is 1. The van der Waals surface area contributed by atoms with Gasteiger partial charge in [0.25, 0.3) is 11.1 Å². The molecule has 0 aliphatic rings. The van der Waals surface area contributed by atoms with Crippen LogP contribution in [0.15, 0.2) is 38.6 Å². The van der Waals surface area contributed by atoms with Gasteiger partial charge in [0, 0.05) is 17.7 Å². The summed E-state index contributed by atoms with van der Waals surface area (Å²) in [6.07, 6.45) is 0. The molecule has 0 aliphatic carbocycles. The van der Waals surface area contributed by atoms with Gasteiger partial charge in [-0.2, -0.15) is 9.94 Å². The Balaban J connectivity index is 2.02. The molecule has 0 fully saturated rings. The Morgan fingerprint density at radius 1 is 1.14 bits per heavy atom. The molecule has 3 aromatic rings. The van der Waals surface area contributed by atoms with Gasteiger partial charge < -0.3 is 9.47 Å². The van der Waals surface area contributed by atoms with Crippen LogP contribution in [-0.2, 0) is 0 Å². The Labute approximate surface area is 163 Å². The molecule has 0 saturated carbocycles. The fraction of sp³-hybridized carbons (Fsp3) is 0.222. The lowest BCUT2D eigenvalue weighted by Crippen LogP contribution is -2.33. The standard InChI is InChI=1S/C18H16N6O5/c1-9(2)11-7-15(21-22-16(11)25)29-13-5-4-10(6-14(13)28-3)24-18(27)20-17(26)12(8-19)23-24/h4-7,9H,1-3H3,(H,22,25)(H,20,26,27). The van der Waals surface area contributed by atoms with Crippen LogP contribution in [0, 0.1) is 11.3 Å². The van der Waals surface area contributed by atoms with Crippen molar-refractivity contribution in [2.24, 2.45) is 0 Å². The lowest BCUT2D eigenvalue weighted by atomic mass is 10.1. The molecule has 0 amide bonds. The van der Waals surface area contributed by atoms with Gasteiger partial charge in [-0.1, -0.05) is 13.8 Å². The number of nitrogens with zero attached hydrogens (tertiary/aromatic N) is 4. The molecule has 2 heterocycles. The van der Waals surface area contributed by atoms with Crippen molar-refractivity contribution in [1.29, 1.82) is 5.26 Å². The Hall–Kier alpha value is -4.20. The summed E-state index contributed by atoms with van der Waals surface area (Å²) < 4.78 is 11.9. The summed E-state index contributed by atoms with van der Waals surface area (Å²) in [6, 6.07) is 7.58. The first-order valence-corrected chi connectivity index (χ1v) is 8.43. The molecular formula is C18H16N6O5. The Morgan fingerprint density at radius 3 is 2.55 bits per heavy atom. The molecule has 1 aromatic carbocycles. The molecule has 0 unspecified atom stereocenters. The highest BCUT2D eigenvalue weighted by molar-refractivity contribution is 5.49. The highest BCUT2D eigenvalue weighted by atomic mass is 16.5. The molecule has 3 rings (SSSR count). The number of H-pyrrole nitrogens is 2. The molecule has 0 spiro atoms. The molecule has 0 aliphatic heterocycles. The van der Waals surface area contributed by atoms with Crippen molar-refractivity contribution < 1.29 is 9.47 Å². The maximum Gasteiger partial charge on any atom is 0.349 e. The third kappa shape index (κ3) is 3.91. The third-order valence-corrected chi connectivity index (χ3v) is 3.97. The zero-order chi connectivity index (χ0) is 21.1. The van der Waals surface area contributed by atoms with Crippen molar-refractivity contribution in [1.82, 2.24) is 25.0 Å². The largest absolute Gasteiger partial charge is 0.493 e. The maximum absolute atomic E-state index is 12.0. The lowest BCUT2D eigenvalue weighted by molar-refractivity contribution is 0.371. The van der Waals surface area contributed by atoms with Gasteiger partial charge >= 0.3 is 5.69 Å². The van der Waals surface area contributed by atoms with E-state index in [2.05, 4.69) is 15.3 Å². The highest BCUT2D eigenvalue weighted by Crippen LogP contribution is 2.32. The predicted molar refractivity (Wildman–Crippen MR) is 101 cm³/mol. The van der Waals surface area contributed by atoms with Crippen LogP contribution < -0.4 is 26.3 Å². The third-order valence-electron chi connectivity index (χ3n) is 3.97. The van der Waals surface area contributed by atoms with Crippen LogP contribution in [0.4, 0.5) is 0 Å². The molecule has 29 heavy (non-hydrogen) atoms. The second-order valence-corrected chi connectivity index (χ2v) is 6.21. The fourth-order valence-corrected chi connectivity index (χ4v) is 2.52. The summed E-state index contributed by atoms with van der Waals surface area (Å²) in [4.78, 5) is 37.4. The van der Waals surface area contributed by atoms with Crippen molar-refractivity contribution >= 4 is 0 Å². The minimum absolute atomic E-state index is 0.0270. The van der Waals surface area contributed by atoms with Gasteiger partial charge in [0.1, 0.15) is 6.07 Å². The van der Waals surface area contributed by atoms with E-state index in [1.807, 2.05) is 18.8 Å². The van der Waals surface area contributed by atoms with Crippen molar-refractivity contribution in [2.75, 3.05) is 7.11 Å². The monoisotopic (exact) mass is 396 g/mol. The summed E-state index contributed by atoms with van der Waals surface area (Å²) in [7, 11) is 1.40. The number of aromatic nitrogens is 5. The summed E-state index contributed by atoms with van der Waals surface area (Å²) in [5.41, 5.74) is -1.68. The number of hydrogen-bond acceptors (Lipinski definition) is 8. The van der Waals surface area contributed by atoms with Gasteiger partial charge in [-0.25, -0.2) is 9.89 Å². The first-order chi connectivity index (χ1) is 13.8. The molecule has 11 heteroatoms. The van der Waals surface area contributed by atoms with Crippen LogP contribution in [0.5, 0.6) is 17.4 Å². The average molecular weight is 396 g/mol.